The number of ether oxygens (including phenoxy) is 1. The van der Waals surface area contributed by atoms with E-state index in [4.69, 9.17) is 10.5 Å². The van der Waals surface area contributed by atoms with Crippen LogP contribution >= 0.6 is 22.6 Å². The summed E-state index contributed by atoms with van der Waals surface area (Å²) in [5, 5.41) is 0. The summed E-state index contributed by atoms with van der Waals surface area (Å²) in [6, 6.07) is 3.02. The summed E-state index contributed by atoms with van der Waals surface area (Å²) in [5.74, 6) is -1.48. The molecule has 70 valence electrons. The van der Waals surface area contributed by atoms with Crippen LogP contribution in [0.3, 0.4) is 0 Å². The Morgan fingerprint density at radius 2 is 2.23 bits per heavy atom. The average molecular weight is 295 g/mol. The first kappa shape index (κ1) is 10.2. The first-order chi connectivity index (χ1) is 6.07. The van der Waals surface area contributed by atoms with Gasteiger partial charge >= 0.3 is 0 Å². The molecule has 1 aromatic rings. The lowest BCUT2D eigenvalue weighted by Gasteiger charge is -2.06. The molecular weight excluding hydrogens is 288 g/mol. The third-order valence-corrected chi connectivity index (χ3v) is 2.42. The van der Waals surface area contributed by atoms with Crippen molar-refractivity contribution in [2.45, 2.75) is 0 Å². The van der Waals surface area contributed by atoms with Crippen LogP contribution in [0.1, 0.15) is 10.4 Å². The van der Waals surface area contributed by atoms with Crippen molar-refractivity contribution in [3.8, 4) is 5.75 Å². The number of methoxy groups -OCH3 is 1. The molecule has 1 aromatic carbocycles. The minimum Gasteiger partial charge on any atom is -0.494 e. The molecule has 0 aliphatic rings. The number of carbonyl (C=O) groups is 1. The Kier molecular flexibility index (Phi) is 3.07. The van der Waals surface area contributed by atoms with Crippen molar-refractivity contribution in [1.82, 2.24) is 0 Å². The molecule has 0 bridgehead atoms. The molecule has 1 amide bonds. The summed E-state index contributed by atoms with van der Waals surface area (Å²) in [7, 11) is 1.33. The Bertz CT molecular complexity index is 354. The highest BCUT2D eigenvalue weighted by Crippen LogP contribution is 2.24. The molecule has 0 heterocycles. The summed E-state index contributed by atoms with van der Waals surface area (Å²) >= 11 is 1.84. The SMILES string of the molecule is COc1ccc(I)c(C(N)=O)c1F. The van der Waals surface area contributed by atoms with E-state index in [0.717, 1.165) is 0 Å². The lowest BCUT2D eigenvalue weighted by atomic mass is 10.2. The molecule has 0 saturated heterocycles. The second kappa shape index (κ2) is 3.91. The van der Waals surface area contributed by atoms with Crippen LogP contribution in [0.5, 0.6) is 5.75 Å². The molecule has 1 rings (SSSR count). The number of amides is 1. The summed E-state index contributed by atoms with van der Waals surface area (Å²) in [6.07, 6.45) is 0. The Morgan fingerprint density at radius 1 is 1.62 bits per heavy atom. The molecule has 0 aromatic heterocycles. The molecule has 0 unspecified atom stereocenters. The number of hydrogen-bond donors (Lipinski definition) is 1. The summed E-state index contributed by atoms with van der Waals surface area (Å²) in [4.78, 5) is 10.8. The molecular formula is C8H7FINO2. The first-order valence-corrected chi connectivity index (χ1v) is 4.47. The van der Waals surface area contributed by atoms with E-state index in [2.05, 4.69) is 0 Å². The van der Waals surface area contributed by atoms with Crippen molar-refractivity contribution in [3.63, 3.8) is 0 Å². The smallest absolute Gasteiger partial charge is 0.252 e. The van der Waals surface area contributed by atoms with Gasteiger partial charge < -0.3 is 10.5 Å². The van der Waals surface area contributed by atoms with Gasteiger partial charge in [0.15, 0.2) is 11.6 Å². The fourth-order valence-corrected chi connectivity index (χ4v) is 1.60. The minimum absolute atomic E-state index is 0.0224. The number of benzene rings is 1. The van der Waals surface area contributed by atoms with E-state index in [0.29, 0.717) is 3.57 Å². The van der Waals surface area contributed by atoms with Gasteiger partial charge in [-0.25, -0.2) is 4.39 Å². The van der Waals surface area contributed by atoms with E-state index in [9.17, 15) is 9.18 Å². The van der Waals surface area contributed by atoms with E-state index >= 15 is 0 Å². The van der Waals surface area contributed by atoms with Crippen molar-refractivity contribution >= 4 is 28.5 Å². The Hall–Kier alpha value is -0.850. The molecule has 0 spiro atoms. The highest BCUT2D eigenvalue weighted by Gasteiger charge is 2.16. The molecule has 13 heavy (non-hydrogen) atoms. The maximum Gasteiger partial charge on any atom is 0.252 e. The van der Waals surface area contributed by atoms with Gasteiger partial charge in [0.1, 0.15) is 0 Å². The number of rotatable bonds is 2. The van der Waals surface area contributed by atoms with E-state index < -0.39 is 11.7 Å². The number of carbonyl (C=O) groups excluding carboxylic acids is 1. The number of primary amides is 1. The lowest BCUT2D eigenvalue weighted by molar-refractivity contribution is 0.0995. The van der Waals surface area contributed by atoms with Crippen molar-refractivity contribution < 1.29 is 13.9 Å². The zero-order valence-electron chi connectivity index (χ0n) is 6.80. The van der Waals surface area contributed by atoms with E-state index in [1.807, 2.05) is 22.6 Å². The number of nitrogens with two attached hydrogens (primary N) is 1. The van der Waals surface area contributed by atoms with Gasteiger partial charge in [-0.1, -0.05) is 0 Å². The molecule has 0 saturated carbocycles. The Balaban J connectivity index is 3.38. The van der Waals surface area contributed by atoms with Crippen LogP contribution in [0.2, 0.25) is 0 Å². The molecule has 3 nitrogen and oxygen atoms in total. The molecule has 0 fully saturated rings. The van der Waals surface area contributed by atoms with E-state index in [1.165, 1.54) is 13.2 Å². The third-order valence-electron chi connectivity index (χ3n) is 1.52. The fraction of sp³-hybridized carbons (Fsp3) is 0.125. The quantitative estimate of drug-likeness (QED) is 0.841. The van der Waals surface area contributed by atoms with E-state index in [-0.39, 0.29) is 11.3 Å². The van der Waals surface area contributed by atoms with Crippen molar-refractivity contribution in [2.24, 2.45) is 5.73 Å². The normalized spacial score (nSPS) is 9.77. The molecule has 0 aliphatic carbocycles. The largest absolute Gasteiger partial charge is 0.494 e. The average Bonchev–Trinajstić information content (AvgIpc) is 2.04. The van der Waals surface area contributed by atoms with Crippen LogP contribution in [-0.2, 0) is 0 Å². The number of hydrogen-bond acceptors (Lipinski definition) is 2. The Labute approximate surface area is 88.2 Å². The molecule has 2 N–H and O–H groups in total. The predicted molar refractivity (Wildman–Crippen MR) is 54.2 cm³/mol. The van der Waals surface area contributed by atoms with Crippen molar-refractivity contribution in [3.05, 3.63) is 27.1 Å². The van der Waals surface area contributed by atoms with Gasteiger partial charge in [-0.15, -0.1) is 0 Å². The Morgan fingerprint density at radius 3 is 2.69 bits per heavy atom. The van der Waals surface area contributed by atoms with Crippen LogP contribution in [0.15, 0.2) is 12.1 Å². The molecule has 0 radical (unpaired) electrons. The molecule has 0 atom stereocenters. The fourth-order valence-electron chi connectivity index (χ4n) is 0.917. The van der Waals surface area contributed by atoms with Gasteiger partial charge in [0.05, 0.1) is 12.7 Å². The zero-order valence-corrected chi connectivity index (χ0v) is 8.96. The van der Waals surface area contributed by atoms with Crippen LogP contribution in [0.4, 0.5) is 4.39 Å². The maximum absolute atomic E-state index is 13.4. The highest BCUT2D eigenvalue weighted by atomic mass is 127. The van der Waals surface area contributed by atoms with Crippen LogP contribution in [0.25, 0.3) is 0 Å². The first-order valence-electron chi connectivity index (χ1n) is 3.39. The molecule has 5 heteroatoms. The van der Waals surface area contributed by atoms with Gasteiger partial charge in [0.2, 0.25) is 0 Å². The second-order valence-electron chi connectivity index (χ2n) is 2.30. The third kappa shape index (κ3) is 1.90. The lowest BCUT2D eigenvalue weighted by Crippen LogP contribution is -2.15. The van der Waals surface area contributed by atoms with Crippen LogP contribution in [-0.4, -0.2) is 13.0 Å². The predicted octanol–water partition coefficient (Wildman–Crippen LogP) is 1.54. The maximum atomic E-state index is 13.4. The summed E-state index contributed by atoms with van der Waals surface area (Å²) in [5.41, 5.74) is 4.87. The van der Waals surface area contributed by atoms with Crippen LogP contribution < -0.4 is 10.5 Å². The van der Waals surface area contributed by atoms with Gasteiger partial charge in [0.25, 0.3) is 5.91 Å². The topological polar surface area (TPSA) is 52.3 Å². The molecule has 0 aliphatic heterocycles. The van der Waals surface area contributed by atoms with Gasteiger partial charge in [-0.05, 0) is 34.7 Å². The van der Waals surface area contributed by atoms with Crippen molar-refractivity contribution in [1.29, 1.82) is 0 Å². The van der Waals surface area contributed by atoms with Gasteiger partial charge in [0, 0.05) is 3.57 Å². The van der Waals surface area contributed by atoms with Gasteiger partial charge in [-0.3, -0.25) is 4.79 Å². The minimum atomic E-state index is -0.791. The summed E-state index contributed by atoms with van der Waals surface area (Å²) < 4.78 is 18.5. The highest BCUT2D eigenvalue weighted by molar-refractivity contribution is 14.1. The van der Waals surface area contributed by atoms with Gasteiger partial charge in [-0.2, -0.15) is 0 Å². The zero-order chi connectivity index (χ0) is 10.0. The monoisotopic (exact) mass is 295 g/mol. The standard InChI is InChI=1S/C8H7FINO2/c1-13-5-3-2-4(10)6(7(5)9)8(11)12/h2-3H,1H3,(H2,11,12). The van der Waals surface area contributed by atoms with Crippen LogP contribution in [0, 0.1) is 9.39 Å². The second-order valence-corrected chi connectivity index (χ2v) is 3.47. The summed E-state index contributed by atoms with van der Waals surface area (Å²) in [6.45, 7) is 0. The van der Waals surface area contributed by atoms with E-state index in [1.54, 1.807) is 6.07 Å². The number of halogens is 2. The van der Waals surface area contributed by atoms with Crippen molar-refractivity contribution in [2.75, 3.05) is 7.11 Å².